The van der Waals surface area contributed by atoms with Crippen LogP contribution in [-0.2, 0) is 19.1 Å². The van der Waals surface area contributed by atoms with Gasteiger partial charge in [0.25, 0.3) is 0 Å². The number of fused-ring (bicyclic) bond motifs is 1. The van der Waals surface area contributed by atoms with Crippen molar-refractivity contribution in [1.29, 1.82) is 0 Å². The summed E-state index contributed by atoms with van der Waals surface area (Å²) in [6.07, 6.45) is 7.54. The molecule has 7 nitrogen and oxygen atoms in total. The summed E-state index contributed by atoms with van der Waals surface area (Å²) in [4.78, 5) is 42.8. The van der Waals surface area contributed by atoms with Crippen molar-refractivity contribution in [3.05, 3.63) is 42.0 Å². The van der Waals surface area contributed by atoms with Gasteiger partial charge in [-0.3, -0.25) is 14.4 Å². The highest BCUT2D eigenvalue weighted by atomic mass is 16.5. The van der Waals surface area contributed by atoms with E-state index in [1.807, 2.05) is 50.3 Å². The van der Waals surface area contributed by atoms with Gasteiger partial charge in [-0.05, 0) is 56.2 Å². The van der Waals surface area contributed by atoms with Gasteiger partial charge in [0.05, 0.1) is 17.9 Å². The van der Waals surface area contributed by atoms with E-state index in [4.69, 9.17) is 4.74 Å². The molecule has 1 aliphatic carbocycles. The maximum absolute atomic E-state index is 13.8. The minimum atomic E-state index is -1.11. The normalized spacial score (nSPS) is 35.0. The van der Waals surface area contributed by atoms with E-state index >= 15 is 0 Å². The maximum Gasteiger partial charge on any atom is 0.246 e. The van der Waals surface area contributed by atoms with E-state index in [2.05, 4.69) is 31.4 Å². The van der Waals surface area contributed by atoms with E-state index in [0.717, 1.165) is 19.3 Å². The van der Waals surface area contributed by atoms with Gasteiger partial charge >= 0.3 is 0 Å². The molecule has 1 spiro atoms. The van der Waals surface area contributed by atoms with Crippen molar-refractivity contribution in [2.45, 2.75) is 96.1 Å². The van der Waals surface area contributed by atoms with Crippen LogP contribution in [0, 0.1) is 17.8 Å². The number of nitrogens with one attached hydrogen (secondary N) is 2. The number of likely N-dealkylation sites (tertiary alicyclic amines) is 1. The maximum atomic E-state index is 13.8. The van der Waals surface area contributed by atoms with Gasteiger partial charge in [-0.1, -0.05) is 57.9 Å². The number of amides is 3. The van der Waals surface area contributed by atoms with Crippen LogP contribution in [0.1, 0.15) is 71.8 Å². The van der Waals surface area contributed by atoms with Crippen LogP contribution >= 0.6 is 0 Å². The number of benzene rings is 1. The number of carbonyl (C=O) groups is 3. The molecule has 194 valence electrons. The van der Waals surface area contributed by atoms with Crippen molar-refractivity contribution < 1.29 is 19.1 Å². The van der Waals surface area contributed by atoms with Gasteiger partial charge in [-0.25, -0.2) is 0 Å². The standard InChI is InChI=1S/C29H39N3O4/c1-16(2)19-10-12-20(13-11-19)30-26(33)23-22-14-15-29(36-22)24(23)28(35)32(17(3)4)25(29)27(34)31-21-9-7-6-8-18(21)5/h10-18,21-25H,6-9H2,1-5H3,(H,30,33)(H,31,34)/t18-,21-,22+,23-,24+,25+,29+/m1/s1. The molecule has 7 atom stereocenters. The van der Waals surface area contributed by atoms with Gasteiger partial charge in [-0.2, -0.15) is 0 Å². The van der Waals surface area contributed by atoms with Crippen LogP contribution in [0.25, 0.3) is 0 Å². The molecule has 3 fully saturated rings. The van der Waals surface area contributed by atoms with E-state index in [1.54, 1.807) is 4.90 Å². The minimum Gasteiger partial charge on any atom is -0.359 e. The van der Waals surface area contributed by atoms with Crippen LogP contribution in [0.2, 0.25) is 0 Å². The Balaban J connectivity index is 1.40. The molecule has 3 amide bonds. The summed E-state index contributed by atoms with van der Waals surface area (Å²) in [6.45, 7) is 10.3. The summed E-state index contributed by atoms with van der Waals surface area (Å²) >= 11 is 0. The molecular formula is C29H39N3O4. The third-order valence-corrected chi connectivity index (χ3v) is 8.70. The second-order valence-corrected chi connectivity index (χ2v) is 11.7. The van der Waals surface area contributed by atoms with Gasteiger partial charge in [0.1, 0.15) is 11.6 Å². The number of hydrogen-bond donors (Lipinski definition) is 2. The number of carbonyl (C=O) groups excluding carboxylic acids is 3. The van der Waals surface area contributed by atoms with Crippen molar-refractivity contribution >= 4 is 23.4 Å². The monoisotopic (exact) mass is 493 g/mol. The summed E-state index contributed by atoms with van der Waals surface area (Å²) in [5.41, 5.74) is 0.770. The molecule has 2 N–H and O–H groups in total. The van der Waals surface area contributed by atoms with Crippen molar-refractivity contribution in [1.82, 2.24) is 10.2 Å². The second kappa shape index (κ2) is 9.33. The molecule has 0 radical (unpaired) electrons. The minimum absolute atomic E-state index is 0.0984. The van der Waals surface area contributed by atoms with E-state index in [0.29, 0.717) is 17.5 Å². The van der Waals surface area contributed by atoms with E-state index < -0.39 is 29.6 Å². The van der Waals surface area contributed by atoms with Crippen molar-refractivity contribution in [2.24, 2.45) is 17.8 Å². The second-order valence-electron chi connectivity index (χ2n) is 11.7. The molecule has 0 unspecified atom stereocenters. The quantitative estimate of drug-likeness (QED) is 0.587. The molecular weight excluding hydrogens is 454 g/mol. The summed E-state index contributed by atoms with van der Waals surface area (Å²) in [6, 6.07) is 6.92. The molecule has 5 rings (SSSR count). The Morgan fingerprint density at radius 3 is 2.39 bits per heavy atom. The van der Waals surface area contributed by atoms with Crippen molar-refractivity contribution in [2.75, 3.05) is 5.32 Å². The molecule has 2 bridgehead atoms. The first-order valence-corrected chi connectivity index (χ1v) is 13.5. The lowest BCUT2D eigenvalue weighted by molar-refractivity contribution is -0.143. The Labute approximate surface area is 214 Å². The van der Waals surface area contributed by atoms with E-state index in [9.17, 15) is 14.4 Å². The number of nitrogens with zero attached hydrogens (tertiary/aromatic N) is 1. The van der Waals surface area contributed by atoms with Gasteiger partial charge in [-0.15, -0.1) is 0 Å². The molecule has 1 aromatic carbocycles. The van der Waals surface area contributed by atoms with Gasteiger partial charge in [0.2, 0.25) is 17.7 Å². The van der Waals surface area contributed by atoms with Crippen LogP contribution in [0.15, 0.2) is 36.4 Å². The number of hydrogen-bond acceptors (Lipinski definition) is 4. The van der Waals surface area contributed by atoms with Crippen molar-refractivity contribution in [3.63, 3.8) is 0 Å². The molecule has 0 aromatic heterocycles. The lowest BCUT2D eigenvalue weighted by Gasteiger charge is -2.37. The Hall–Kier alpha value is -2.67. The fraction of sp³-hybridized carbons (Fsp3) is 0.621. The first-order valence-electron chi connectivity index (χ1n) is 13.5. The highest BCUT2D eigenvalue weighted by molar-refractivity contribution is 6.02. The summed E-state index contributed by atoms with van der Waals surface area (Å²) < 4.78 is 6.41. The van der Waals surface area contributed by atoms with Gasteiger partial charge < -0.3 is 20.3 Å². The van der Waals surface area contributed by atoms with Crippen LogP contribution in [0.5, 0.6) is 0 Å². The predicted molar refractivity (Wildman–Crippen MR) is 138 cm³/mol. The highest BCUT2D eigenvalue weighted by Gasteiger charge is 2.73. The Bertz CT molecular complexity index is 1060. The van der Waals surface area contributed by atoms with Crippen LogP contribution in [0.4, 0.5) is 5.69 Å². The zero-order chi connectivity index (χ0) is 25.8. The third kappa shape index (κ3) is 3.96. The molecule has 1 saturated carbocycles. The van der Waals surface area contributed by atoms with Gasteiger partial charge in [0, 0.05) is 17.8 Å². The molecule has 7 heteroatoms. The lowest BCUT2D eigenvalue weighted by atomic mass is 9.74. The first-order chi connectivity index (χ1) is 17.1. The zero-order valence-electron chi connectivity index (χ0n) is 22.0. The first kappa shape index (κ1) is 25.0. The molecule has 3 aliphatic heterocycles. The zero-order valence-corrected chi connectivity index (χ0v) is 22.0. The predicted octanol–water partition coefficient (Wildman–Crippen LogP) is 4.00. The number of anilines is 1. The van der Waals surface area contributed by atoms with E-state index in [1.165, 1.54) is 12.0 Å². The van der Waals surface area contributed by atoms with Crippen LogP contribution in [0.3, 0.4) is 0 Å². The average molecular weight is 494 g/mol. The molecule has 36 heavy (non-hydrogen) atoms. The van der Waals surface area contributed by atoms with Gasteiger partial charge in [0.15, 0.2) is 0 Å². The largest absolute Gasteiger partial charge is 0.359 e. The molecule has 1 aromatic rings. The summed E-state index contributed by atoms with van der Waals surface area (Å²) in [7, 11) is 0. The third-order valence-electron chi connectivity index (χ3n) is 8.70. The fourth-order valence-corrected chi connectivity index (χ4v) is 6.73. The number of ether oxygens (including phenoxy) is 1. The molecule has 3 heterocycles. The topological polar surface area (TPSA) is 87.7 Å². The van der Waals surface area contributed by atoms with E-state index in [-0.39, 0.29) is 29.8 Å². The lowest BCUT2D eigenvalue weighted by Crippen LogP contribution is -2.58. The van der Waals surface area contributed by atoms with Crippen LogP contribution in [-0.4, -0.2) is 52.5 Å². The molecule has 4 aliphatic rings. The Morgan fingerprint density at radius 2 is 1.75 bits per heavy atom. The smallest absolute Gasteiger partial charge is 0.246 e. The Kier molecular flexibility index (Phi) is 6.48. The number of rotatable bonds is 6. The SMILES string of the molecule is CC(C)c1ccc(NC(=O)[C@@H]2[C@@H]3C=C[C@]4(O3)[C@@H]2C(=O)N(C(C)C)[C@H]4C(=O)N[C@@H]2CCCC[C@H]2C)cc1. The molecule has 2 saturated heterocycles. The average Bonchev–Trinajstić information content (AvgIpc) is 3.48. The van der Waals surface area contributed by atoms with Crippen LogP contribution < -0.4 is 10.6 Å². The summed E-state index contributed by atoms with van der Waals surface area (Å²) in [5.74, 6) is -1.19. The fourth-order valence-electron chi connectivity index (χ4n) is 6.73. The van der Waals surface area contributed by atoms with Crippen molar-refractivity contribution in [3.8, 4) is 0 Å². The highest BCUT2D eigenvalue weighted by Crippen LogP contribution is 2.55. The Morgan fingerprint density at radius 1 is 1.06 bits per heavy atom. The summed E-state index contributed by atoms with van der Waals surface area (Å²) in [5, 5.41) is 6.26.